The minimum absolute atomic E-state index is 0.0569. The first-order valence-corrected chi connectivity index (χ1v) is 6.97. The third-order valence-corrected chi connectivity index (χ3v) is 3.76. The molecule has 0 fully saturated rings. The second-order valence-electron chi connectivity index (χ2n) is 4.37. The van der Waals surface area contributed by atoms with E-state index in [0.717, 1.165) is 11.1 Å². The lowest BCUT2D eigenvalue weighted by molar-refractivity contribution is 0.664. The second kappa shape index (κ2) is 6.58. The average molecular weight is 316 g/mol. The summed E-state index contributed by atoms with van der Waals surface area (Å²) in [6.45, 7) is 0. The predicted octanol–water partition coefficient (Wildman–Crippen LogP) is 4.15. The summed E-state index contributed by atoms with van der Waals surface area (Å²) in [6.07, 6.45) is 4.69. The van der Waals surface area contributed by atoms with Crippen molar-refractivity contribution in [1.29, 1.82) is 0 Å². The van der Waals surface area contributed by atoms with Gasteiger partial charge >= 0.3 is 0 Å². The van der Waals surface area contributed by atoms with Crippen molar-refractivity contribution in [2.75, 3.05) is 0 Å². The number of aromatic nitrogens is 1. The molecule has 1 heterocycles. The zero-order chi connectivity index (χ0) is 13.8. The van der Waals surface area contributed by atoms with E-state index in [9.17, 15) is 0 Å². The van der Waals surface area contributed by atoms with Gasteiger partial charge in [0.25, 0.3) is 0 Å². The van der Waals surface area contributed by atoms with E-state index in [-0.39, 0.29) is 6.04 Å². The summed E-state index contributed by atoms with van der Waals surface area (Å²) in [5, 5.41) is 1.91. The van der Waals surface area contributed by atoms with E-state index in [4.69, 9.17) is 40.5 Å². The van der Waals surface area contributed by atoms with Gasteiger partial charge in [0.05, 0.1) is 5.02 Å². The second-order valence-corrected chi connectivity index (χ2v) is 5.62. The third kappa shape index (κ3) is 4.08. The van der Waals surface area contributed by atoms with Crippen LogP contribution >= 0.6 is 34.8 Å². The molecule has 0 radical (unpaired) electrons. The van der Waals surface area contributed by atoms with Crippen LogP contribution in [0.25, 0.3) is 0 Å². The summed E-state index contributed by atoms with van der Waals surface area (Å²) in [7, 11) is 0. The molecular weight excluding hydrogens is 303 g/mol. The van der Waals surface area contributed by atoms with Crippen molar-refractivity contribution in [2.24, 2.45) is 5.73 Å². The zero-order valence-corrected chi connectivity index (χ0v) is 12.4. The Morgan fingerprint density at radius 2 is 1.68 bits per heavy atom. The quantitative estimate of drug-likeness (QED) is 0.920. The highest BCUT2D eigenvalue weighted by molar-refractivity contribution is 6.35. The highest BCUT2D eigenvalue weighted by Gasteiger charge is 2.10. The summed E-state index contributed by atoms with van der Waals surface area (Å²) in [6, 6.07) is 7.27. The minimum Gasteiger partial charge on any atom is -0.327 e. The lowest BCUT2D eigenvalue weighted by atomic mass is 10.0. The Morgan fingerprint density at radius 1 is 1.00 bits per heavy atom. The Kier molecular flexibility index (Phi) is 5.06. The molecule has 19 heavy (non-hydrogen) atoms. The van der Waals surface area contributed by atoms with Crippen molar-refractivity contribution < 1.29 is 0 Å². The van der Waals surface area contributed by atoms with Crippen LogP contribution < -0.4 is 5.73 Å². The Bertz CT molecular complexity index is 572. The normalized spacial score (nSPS) is 12.4. The molecule has 0 amide bonds. The number of pyridine rings is 1. The minimum atomic E-state index is -0.0569. The molecule has 2 aromatic rings. The van der Waals surface area contributed by atoms with Gasteiger partial charge in [-0.2, -0.15) is 0 Å². The maximum atomic E-state index is 6.14. The molecule has 1 unspecified atom stereocenters. The van der Waals surface area contributed by atoms with Crippen molar-refractivity contribution in [3.63, 3.8) is 0 Å². The van der Waals surface area contributed by atoms with Crippen LogP contribution in [0.4, 0.5) is 0 Å². The number of halogens is 3. The standard InChI is InChI=1S/C14H13Cl3N2/c15-11-2-1-9(13(16)7-11)5-12(18)6-10-3-4-19-8-14(10)17/h1-4,7-8,12H,5-6,18H2. The van der Waals surface area contributed by atoms with Gasteiger partial charge in [0.15, 0.2) is 0 Å². The molecule has 100 valence electrons. The van der Waals surface area contributed by atoms with E-state index in [2.05, 4.69) is 4.98 Å². The fourth-order valence-electron chi connectivity index (χ4n) is 1.89. The predicted molar refractivity (Wildman–Crippen MR) is 81.1 cm³/mol. The summed E-state index contributed by atoms with van der Waals surface area (Å²) >= 11 is 18.1. The number of hydrogen-bond acceptors (Lipinski definition) is 2. The molecule has 0 spiro atoms. The fourth-order valence-corrected chi connectivity index (χ4v) is 2.58. The van der Waals surface area contributed by atoms with Crippen molar-refractivity contribution in [1.82, 2.24) is 4.98 Å². The summed E-state index contributed by atoms with van der Waals surface area (Å²) < 4.78 is 0. The van der Waals surface area contributed by atoms with E-state index in [1.165, 1.54) is 0 Å². The Labute approximate surface area is 127 Å². The van der Waals surface area contributed by atoms with Crippen LogP contribution in [0, 0.1) is 0 Å². The molecule has 1 aromatic heterocycles. The van der Waals surface area contributed by atoms with Crippen LogP contribution in [-0.4, -0.2) is 11.0 Å². The van der Waals surface area contributed by atoms with Crippen molar-refractivity contribution >= 4 is 34.8 Å². The number of nitrogens with two attached hydrogens (primary N) is 1. The van der Waals surface area contributed by atoms with E-state index in [1.807, 2.05) is 18.2 Å². The highest BCUT2D eigenvalue weighted by Crippen LogP contribution is 2.23. The van der Waals surface area contributed by atoms with Crippen LogP contribution in [-0.2, 0) is 12.8 Å². The average Bonchev–Trinajstić information content (AvgIpc) is 2.36. The van der Waals surface area contributed by atoms with Gasteiger partial charge in [0.1, 0.15) is 0 Å². The van der Waals surface area contributed by atoms with E-state index < -0.39 is 0 Å². The van der Waals surface area contributed by atoms with Gasteiger partial charge in [-0.05, 0) is 42.2 Å². The zero-order valence-electron chi connectivity index (χ0n) is 10.1. The number of benzene rings is 1. The molecule has 2 N–H and O–H groups in total. The van der Waals surface area contributed by atoms with Crippen molar-refractivity contribution in [3.8, 4) is 0 Å². The van der Waals surface area contributed by atoms with Gasteiger partial charge in [0.2, 0.25) is 0 Å². The molecule has 2 nitrogen and oxygen atoms in total. The van der Waals surface area contributed by atoms with E-state index in [1.54, 1.807) is 18.5 Å². The van der Waals surface area contributed by atoms with Crippen molar-refractivity contribution in [3.05, 3.63) is 62.9 Å². The van der Waals surface area contributed by atoms with Gasteiger partial charge in [-0.15, -0.1) is 0 Å². The SMILES string of the molecule is NC(Cc1ccncc1Cl)Cc1ccc(Cl)cc1Cl. The Hall–Kier alpha value is -0.800. The number of rotatable bonds is 4. The van der Waals surface area contributed by atoms with Crippen LogP contribution in [0.1, 0.15) is 11.1 Å². The molecule has 2 rings (SSSR count). The van der Waals surface area contributed by atoms with Crippen LogP contribution in [0.3, 0.4) is 0 Å². The molecule has 0 aliphatic carbocycles. The summed E-state index contributed by atoms with van der Waals surface area (Å²) in [5.74, 6) is 0. The number of nitrogens with zero attached hydrogens (tertiary/aromatic N) is 1. The van der Waals surface area contributed by atoms with Crippen LogP contribution in [0.5, 0.6) is 0 Å². The Balaban J connectivity index is 2.05. The first-order valence-electron chi connectivity index (χ1n) is 5.84. The monoisotopic (exact) mass is 314 g/mol. The Morgan fingerprint density at radius 3 is 2.32 bits per heavy atom. The molecule has 1 aromatic carbocycles. The molecule has 0 bridgehead atoms. The molecule has 1 atom stereocenters. The fraction of sp³-hybridized carbons (Fsp3) is 0.214. The first kappa shape index (κ1) is 14.6. The van der Waals surface area contributed by atoms with Gasteiger partial charge in [0, 0.05) is 28.5 Å². The van der Waals surface area contributed by atoms with Crippen molar-refractivity contribution in [2.45, 2.75) is 18.9 Å². The van der Waals surface area contributed by atoms with Crippen LogP contribution in [0.2, 0.25) is 15.1 Å². The van der Waals surface area contributed by atoms with Gasteiger partial charge < -0.3 is 5.73 Å². The highest BCUT2D eigenvalue weighted by atomic mass is 35.5. The van der Waals surface area contributed by atoms with Gasteiger partial charge in [-0.1, -0.05) is 40.9 Å². The van der Waals surface area contributed by atoms with Gasteiger partial charge in [-0.25, -0.2) is 0 Å². The smallest absolute Gasteiger partial charge is 0.0621 e. The largest absolute Gasteiger partial charge is 0.327 e. The molecule has 0 saturated heterocycles. The van der Waals surface area contributed by atoms with E-state index >= 15 is 0 Å². The van der Waals surface area contributed by atoms with Gasteiger partial charge in [-0.3, -0.25) is 4.98 Å². The lowest BCUT2D eigenvalue weighted by Gasteiger charge is -2.13. The summed E-state index contributed by atoms with van der Waals surface area (Å²) in [4.78, 5) is 3.95. The van der Waals surface area contributed by atoms with Crippen LogP contribution in [0.15, 0.2) is 36.7 Å². The molecule has 0 saturated carbocycles. The lowest BCUT2D eigenvalue weighted by Crippen LogP contribution is -2.25. The number of hydrogen-bond donors (Lipinski definition) is 1. The topological polar surface area (TPSA) is 38.9 Å². The third-order valence-electron chi connectivity index (χ3n) is 2.84. The first-order chi connectivity index (χ1) is 9.06. The molecular formula is C14H13Cl3N2. The molecule has 0 aliphatic heterocycles. The summed E-state index contributed by atoms with van der Waals surface area (Å²) in [5.41, 5.74) is 8.13. The molecule has 5 heteroatoms. The maximum Gasteiger partial charge on any atom is 0.0621 e. The van der Waals surface area contributed by atoms with E-state index in [0.29, 0.717) is 27.9 Å². The maximum absolute atomic E-state index is 6.14. The molecule has 0 aliphatic rings.